The van der Waals surface area contributed by atoms with Gasteiger partial charge in [-0.25, -0.2) is 0 Å². The molecule has 140 valence electrons. The number of fused-ring (bicyclic) bond motifs is 1. The van der Waals surface area contributed by atoms with E-state index in [1.807, 2.05) is 6.07 Å². The molecule has 1 amide bonds. The number of amides is 1. The quantitative estimate of drug-likeness (QED) is 0.743. The molecule has 0 fully saturated rings. The number of benzene rings is 2. The second kappa shape index (κ2) is 8.12. The molecule has 0 saturated carbocycles. The van der Waals surface area contributed by atoms with Crippen molar-refractivity contribution in [1.29, 1.82) is 5.26 Å². The number of carbonyl (C=O) groups is 1. The van der Waals surface area contributed by atoms with Crippen LogP contribution < -0.4 is 5.32 Å². The largest absolute Gasteiger partial charge is 0.348 e. The van der Waals surface area contributed by atoms with Crippen molar-refractivity contribution in [3.05, 3.63) is 89.7 Å². The van der Waals surface area contributed by atoms with E-state index in [1.54, 1.807) is 24.3 Å². The summed E-state index contributed by atoms with van der Waals surface area (Å²) in [6.45, 7) is 2.53. The van der Waals surface area contributed by atoms with Crippen LogP contribution in [0, 0.1) is 11.3 Å². The van der Waals surface area contributed by atoms with E-state index in [-0.39, 0.29) is 11.9 Å². The van der Waals surface area contributed by atoms with Crippen LogP contribution in [0.25, 0.3) is 0 Å². The van der Waals surface area contributed by atoms with Crippen LogP contribution in [0.2, 0.25) is 0 Å². The van der Waals surface area contributed by atoms with Crippen LogP contribution in [0.4, 0.5) is 5.69 Å². The van der Waals surface area contributed by atoms with Crippen LogP contribution in [-0.2, 0) is 11.3 Å². The molecule has 1 unspecified atom stereocenters. The summed E-state index contributed by atoms with van der Waals surface area (Å²) >= 11 is 0. The maximum atomic E-state index is 12.4. The molecule has 0 radical (unpaired) electrons. The highest BCUT2D eigenvalue weighted by molar-refractivity contribution is 5.90. The highest BCUT2D eigenvalue weighted by atomic mass is 16.1. The van der Waals surface area contributed by atoms with Gasteiger partial charge in [0.05, 0.1) is 17.7 Å². The van der Waals surface area contributed by atoms with Gasteiger partial charge in [0.2, 0.25) is 5.91 Å². The smallest absolute Gasteiger partial charge is 0.225 e. The van der Waals surface area contributed by atoms with Crippen molar-refractivity contribution in [2.24, 2.45) is 0 Å². The van der Waals surface area contributed by atoms with Gasteiger partial charge in [0, 0.05) is 43.6 Å². The number of anilines is 1. The van der Waals surface area contributed by atoms with Gasteiger partial charge in [-0.2, -0.15) is 5.26 Å². The van der Waals surface area contributed by atoms with E-state index < -0.39 is 0 Å². The third kappa shape index (κ3) is 3.83. The van der Waals surface area contributed by atoms with Crippen LogP contribution in [0.5, 0.6) is 0 Å². The number of carbonyl (C=O) groups excluding carboxylic acids is 1. The molecule has 5 nitrogen and oxygen atoms in total. The van der Waals surface area contributed by atoms with Crippen LogP contribution >= 0.6 is 0 Å². The lowest BCUT2D eigenvalue weighted by molar-refractivity contribution is -0.116. The average molecular weight is 370 g/mol. The first kappa shape index (κ1) is 18.0. The highest BCUT2D eigenvalue weighted by Gasteiger charge is 2.28. The third-order valence-electron chi connectivity index (χ3n) is 5.18. The van der Waals surface area contributed by atoms with Crippen molar-refractivity contribution in [2.45, 2.75) is 19.0 Å². The van der Waals surface area contributed by atoms with Gasteiger partial charge < -0.3 is 9.88 Å². The number of nitriles is 1. The summed E-state index contributed by atoms with van der Waals surface area (Å²) in [5.41, 5.74) is 3.82. The van der Waals surface area contributed by atoms with Gasteiger partial charge in [0.15, 0.2) is 0 Å². The fraction of sp³-hybridized carbons (Fsp3) is 0.217. The minimum absolute atomic E-state index is 0.0162. The minimum Gasteiger partial charge on any atom is -0.348 e. The summed E-state index contributed by atoms with van der Waals surface area (Å²) in [4.78, 5) is 14.8. The molecule has 1 aliphatic rings. The van der Waals surface area contributed by atoms with Gasteiger partial charge >= 0.3 is 0 Å². The van der Waals surface area contributed by atoms with Crippen LogP contribution in [0.15, 0.2) is 72.9 Å². The van der Waals surface area contributed by atoms with Crippen molar-refractivity contribution in [2.75, 3.05) is 18.4 Å². The fourth-order valence-corrected chi connectivity index (χ4v) is 3.79. The summed E-state index contributed by atoms with van der Waals surface area (Å²) in [6.07, 6.45) is 2.55. The van der Waals surface area contributed by atoms with Crippen molar-refractivity contribution >= 4 is 11.6 Å². The highest BCUT2D eigenvalue weighted by Crippen LogP contribution is 2.32. The number of rotatable bonds is 5. The van der Waals surface area contributed by atoms with Gasteiger partial charge in [0.1, 0.15) is 0 Å². The molecule has 2 aromatic carbocycles. The number of hydrogen-bond donors (Lipinski definition) is 1. The fourth-order valence-electron chi connectivity index (χ4n) is 3.79. The first-order chi connectivity index (χ1) is 13.7. The molecule has 3 aromatic rings. The van der Waals surface area contributed by atoms with E-state index >= 15 is 0 Å². The average Bonchev–Trinajstić information content (AvgIpc) is 3.22. The number of hydrogen-bond acceptors (Lipinski definition) is 3. The topological polar surface area (TPSA) is 61.1 Å². The Morgan fingerprint density at radius 2 is 1.82 bits per heavy atom. The van der Waals surface area contributed by atoms with Crippen molar-refractivity contribution in [3.63, 3.8) is 0 Å². The van der Waals surface area contributed by atoms with E-state index in [0.717, 1.165) is 18.8 Å². The summed E-state index contributed by atoms with van der Waals surface area (Å²) in [5, 5.41) is 11.8. The predicted molar refractivity (Wildman–Crippen MR) is 109 cm³/mol. The minimum atomic E-state index is -0.0162. The Morgan fingerprint density at radius 3 is 2.57 bits per heavy atom. The Labute approximate surface area is 164 Å². The van der Waals surface area contributed by atoms with Crippen LogP contribution in [-0.4, -0.2) is 28.5 Å². The van der Waals surface area contributed by atoms with E-state index in [9.17, 15) is 4.79 Å². The summed E-state index contributed by atoms with van der Waals surface area (Å²) in [5.74, 6) is -0.0162. The lowest BCUT2D eigenvalue weighted by Crippen LogP contribution is -2.39. The molecule has 2 heterocycles. The first-order valence-corrected chi connectivity index (χ1v) is 9.48. The molecule has 1 atom stereocenters. The zero-order chi connectivity index (χ0) is 19.3. The van der Waals surface area contributed by atoms with Gasteiger partial charge in [0.25, 0.3) is 0 Å². The summed E-state index contributed by atoms with van der Waals surface area (Å²) in [6, 6.07) is 23.9. The Morgan fingerprint density at radius 1 is 1.04 bits per heavy atom. The maximum Gasteiger partial charge on any atom is 0.225 e. The molecule has 0 aliphatic carbocycles. The summed E-state index contributed by atoms with van der Waals surface area (Å²) in [7, 11) is 0. The maximum absolute atomic E-state index is 12.4. The van der Waals surface area contributed by atoms with Gasteiger partial charge in [-0.15, -0.1) is 0 Å². The molecule has 0 bridgehead atoms. The lowest BCUT2D eigenvalue weighted by atomic mass is 10.00. The van der Waals surface area contributed by atoms with Crippen LogP contribution in [0.3, 0.4) is 0 Å². The Kier molecular flexibility index (Phi) is 5.22. The van der Waals surface area contributed by atoms with E-state index in [2.05, 4.69) is 63.4 Å². The SMILES string of the molecule is N#Cc1ccc(NC(=O)CCN2CCn3cccc3C2c2ccccc2)cc1. The predicted octanol–water partition coefficient (Wildman–Crippen LogP) is 3.79. The Balaban J connectivity index is 1.44. The molecule has 5 heteroatoms. The van der Waals surface area contributed by atoms with Crippen LogP contribution in [0.1, 0.15) is 29.3 Å². The zero-order valence-electron chi connectivity index (χ0n) is 15.6. The molecule has 0 spiro atoms. The molecule has 1 N–H and O–H groups in total. The van der Waals surface area contributed by atoms with Gasteiger partial charge in [-0.3, -0.25) is 9.69 Å². The number of aromatic nitrogens is 1. The monoisotopic (exact) mass is 370 g/mol. The second-order valence-electron chi connectivity index (χ2n) is 6.96. The number of nitrogens with one attached hydrogen (secondary N) is 1. The molecule has 1 aromatic heterocycles. The van der Waals surface area contributed by atoms with Gasteiger partial charge in [-0.1, -0.05) is 30.3 Å². The third-order valence-corrected chi connectivity index (χ3v) is 5.18. The van der Waals surface area contributed by atoms with Gasteiger partial charge in [-0.05, 0) is 42.0 Å². The van der Waals surface area contributed by atoms with Crippen molar-refractivity contribution in [1.82, 2.24) is 9.47 Å². The van der Waals surface area contributed by atoms with E-state index in [1.165, 1.54) is 11.3 Å². The zero-order valence-corrected chi connectivity index (χ0v) is 15.6. The molecular formula is C23H22N4O. The molecule has 28 heavy (non-hydrogen) atoms. The van der Waals surface area contributed by atoms with E-state index in [4.69, 9.17) is 5.26 Å². The van der Waals surface area contributed by atoms with Crippen molar-refractivity contribution in [3.8, 4) is 6.07 Å². The molecule has 4 rings (SSSR count). The molecular weight excluding hydrogens is 348 g/mol. The standard InChI is InChI=1S/C23H22N4O/c24-17-18-8-10-20(11-9-18)25-22(28)12-14-27-16-15-26-13-4-7-21(26)23(27)19-5-2-1-3-6-19/h1-11,13,23H,12,14-16H2,(H,25,28). The Bertz CT molecular complexity index is 985. The normalized spacial score (nSPS) is 16.2. The van der Waals surface area contributed by atoms with E-state index in [0.29, 0.717) is 18.5 Å². The molecule has 0 saturated heterocycles. The Hall–Kier alpha value is -3.36. The second-order valence-corrected chi connectivity index (χ2v) is 6.96. The first-order valence-electron chi connectivity index (χ1n) is 9.48. The lowest BCUT2D eigenvalue weighted by Gasteiger charge is -2.37. The van der Waals surface area contributed by atoms with Crippen molar-refractivity contribution < 1.29 is 4.79 Å². The molecule has 1 aliphatic heterocycles. The number of nitrogens with zero attached hydrogens (tertiary/aromatic N) is 3. The summed E-state index contributed by atoms with van der Waals surface area (Å²) < 4.78 is 2.30.